The molecule has 35 heavy (non-hydrogen) atoms. The summed E-state index contributed by atoms with van der Waals surface area (Å²) in [6.45, 7) is 6.59. The Balaban J connectivity index is 1.43. The van der Waals surface area contributed by atoms with Crippen molar-refractivity contribution >= 4 is 12.0 Å². The van der Waals surface area contributed by atoms with E-state index in [0.29, 0.717) is 25.1 Å². The zero-order valence-corrected chi connectivity index (χ0v) is 20.8. The van der Waals surface area contributed by atoms with Gasteiger partial charge in [0.05, 0.1) is 30.9 Å². The highest BCUT2D eigenvalue weighted by Crippen LogP contribution is 2.39. The van der Waals surface area contributed by atoms with Crippen molar-refractivity contribution in [3.8, 4) is 5.75 Å². The summed E-state index contributed by atoms with van der Waals surface area (Å²) >= 11 is 0. The van der Waals surface area contributed by atoms with E-state index in [0.717, 1.165) is 32.1 Å². The number of ether oxygens (including phenoxy) is 3. The molecule has 2 saturated heterocycles. The molecule has 4 rings (SSSR count). The van der Waals surface area contributed by atoms with E-state index in [4.69, 9.17) is 14.2 Å². The van der Waals surface area contributed by atoms with E-state index < -0.39 is 29.1 Å². The van der Waals surface area contributed by atoms with Gasteiger partial charge in [0, 0.05) is 12.1 Å². The average Bonchev–Trinajstić information content (AvgIpc) is 2.79. The normalized spacial score (nSPS) is 29.7. The molecular weight excluding hydrogens is 455 g/mol. The van der Waals surface area contributed by atoms with Crippen LogP contribution in [0.25, 0.3) is 0 Å². The molecule has 8 nitrogen and oxygen atoms in total. The number of para-hydroxylation sites is 1. The van der Waals surface area contributed by atoms with E-state index in [1.807, 2.05) is 20.8 Å². The topological polar surface area (TPSA) is 97.3 Å². The lowest BCUT2D eigenvalue weighted by Gasteiger charge is -2.51. The molecule has 2 unspecified atom stereocenters. The maximum Gasteiger partial charge on any atom is 0.410 e. The number of morpholine rings is 1. The largest absolute Gasteiger partial charge is 0.505 e. The van der Waals surface area contributed by atoms with Gasteiger partial charge in [-0.15, -0.1) is 0 Å². The molecule has 9 heteroatoms. The van der Waals surface area contributed by atoms with Gasteiger partial charge < -0.3 is 29.5 Å². The van der Waals surface area contributed by atoms with Crippen molar-refractivity contribution in [2.24, 2.45) is 0 Å². The van der Waals surface area contributed by atoms with E-state index in [-0.39, 0.29) is 36.9 Å². The second-order valence-electron chi connectivity index (χ2n) is 11.0. The Bertz CT molecular complexity index is 923. The highest BCUT2D eigenvalue weighted by Gasteiger charge is 2.50. The van der Waals surface area contributed by atoms with Gasteiger partial charge in [-0.2, -0.15) is 0 Å². The van der Waals surface area contributed by atoms with Gasteiger partial charge >= 0.3 is 6.09 Å². The lowest BCUT2D eigenvalue weighted by molar-refractivity contribution is -0.144. The fourth-order valence-corrected chi connectivity index (χ4v) is 5.59. The number of phenolic OH excluding ortho intramolecular Hbond substituents is 1. The van der Waals surface area contributed by atoms with Crippen LogP contribution >= 0.6 is 0 Å². The van der Waals surface area contributed by atoms with Crippen LogP contribution in [-0.2, 0) is 19.0 Å². The molecule has 1 aromatic carbocycles. The first-order valence-electron chi connectivity index (χ1n) is 12.6. The third-order valence-electron chi connectivity index (χ3n) is 7.27. The molecule has 3 aliphatic rings. The molecule has 0 aromatic heterocycles. The van der Waals surface area contributed by atoms with E-state index in [2.05, 4.69) is 5.32 Å². The van der Waals surface area contributed by atoms with Crippen LogP contribution in [0.5, 0.6) is 5.75 Å². The van der Waals surface area contributed by atoms with Gasteiger partial charge in [0.1, 0.15) is 12.2 Å². The molecule has 2 atom stereocenters. The van der Waals surface area contributed by atoms with E-state index in [1.165, 1.54) is 6.07 Å². The van der Waals surface area contributed by atoms with Gasteiger partial charge in [0.25, 0.3) is 0 Å². The minimum absolute atomic E-state index is 0.0126. The van der Waals surface area contributed by atoms with Crippen molar-refractivity contribution in [3.05, 3.63) is 29.6 Å². The zero-order chi connectivity index (χ0) is 25.2. The van der Waals surface area contributed by atoms with Gasteiger partial charge in [-0.1, -0.05) is 12.1 Å². The summed E-state index contributed by atoms with van der Waals surface area (Å²) in [5.74, 6) is -0.969. The summed E-state index contributed by atoms with van der Waals surface area (Å²) < 4.78 is 31.4. The summed E-state index contributed by atoms with van der Waals surface area (Å²) in [7, 11) is 0. The second kappa shape index (κ2) is 10.3. The van der Waals surface area contributed by atoms with Crippen LogP contribution in [0.4, 0.5) is 9.18 Å². The molecule has 2 aliphatic heterocycles. The Kier molecular flexibility index (Phi) is 7.57. The highest BCUT2D eigenvalue weighted by atomic mass is 19.1. The predicted molar refractivity (Wildman–Crippen MR) is 127 cm³/mol. The fraction of sp³-hybridized carbons (Fsp3) is 0.692. The van der Waals surface area contributed by atoms with E-state index in [9.17, 15) is 19.1 Å². The van der Waals surface area contributed by atoms with Crippen LogP contribution in [0.1, 0.15) is 70.8 Å². The fourth-order valence-electron chi connectivity index (χ4n) is 5.59. The molecule has 2 heterocycles. The smallest absolute Gasteiger partial charge is 0.410 e. The molecule has 2 amide bonds. The zero-order valence-electron chi connectivity index (χ0n) is 20.8. The Hall–Kier alpha value is -2.39. The van der Waals surface area contributed by atoms with Gasteiger partial charge in [0.15, 0.2) is 11.6 Å². The number of hydrogen-bond acceptors (Lipinski definition) is 6. The summed E-state index contributed by atoms with van der Waals surface area (Å²) in [6, 6.07) is 4.25. The third kappa shape index (κ3) is 5.89. The molecule has 2 N–H and O–H groups in total. The first-order valence-corrected chi connectivity index (χ1v) is 12.6. The number of amides is 2. The summed E-state index contributed by atoms with van der Waals surface area (Å²) in [4.78, 5) is 27.0. The van der Waals surface area contributed by atoms with Crippen molar-refractivity contribution in [3.63, 3.8) is 0 Å². The summed E-state index contributed by atoms with van der Waals surface area (Å²) in [5, 5.41) is 13.2. The maximum atomic E-state index is 13.8. The van der Waals surface area contributed by atoms with Crippen LogP contribution in [0.2, 0.25) is 0 Å². The van der Waals surface area contributed by atoms with Crippen molar-refractivity contribution in [1.82, 2.24) is 10.2 Å². The van der Waals surface area contributed by atoms with Crippen LogP contribution in [-0.4, -0.2) is 71.7 Å². The van der Waals surface area contributed by atoms with Crippen LogP contribution in [0.3, 0.4) is 0 Å². The molecule has 3 fully saturated rings. The van der Waals surface area contributed by atoms with Crippen molar-refractivity contribution in [1.29, 1.82) is 0 Å². The predicted octanol–water partition coefficient (Wildman–Crippen LogP) is 3.86. The number of carbonyl (C=O) groups excluding carboxylic acids is 2. The van der Waals surface area contributed by atoms with Crippen molar-refractivity contribution < 1.29 is 33.3 Å². The van der Waals surface area contributed by atoms with Gasteiger partial charge in [-0.25, -0.2) is 9.18 Å². The lowest BCUT2D eigenvalue weighted by Crippen LogP contribution is -2.72. The lowest BCUT2D eigenvalue weighted by atomic mass is 9.80. The number of piperidine rings is 1. The highest BCUT2D eigenvalue weighted by molar-refractivity contribution is 5.79. The van der Waals surface area contributed by atoms with Gasteiger partial charge in [-0.05, 0) is 71.3 Å². The van der Waals surface area contributed by atoms with Crippen LogP contribution < -0.4 is 5.32 Å². The molecule has 1 saturated carbocycles. The number of hydrogen-bond donors (Lipinski definition) is 2. The Labute approximate surface area is 206 Å². The molecule has 1 aliphatic carbocycles. The third-order valence-corrected chi connectivity index (χ3v) is 7.27. The first kappa shape index (κ1) is 25.7. The molecular formula is C26H37FN2O6. The second-order valence-corrected chi connectivity index (χ2v) is 11.0. The molecule has 1 spiro atoms. The maximum absolute atomic E-state index is 13.8. The number of aromatic hydroxyl groups is 1. The number of rotatable bonds is 4. The minimum atomic E-state index is -0.713. The summed E-state index contributed by atoms with van der Waals surface area (Å²) in [5.41, 5.74) is -0.706. The molecule has 0 radical (unpaired) electrons. The average molecular weight is 493 g/mol. The SMILES string of the molecule is CC(C)(C)OC(=O)N1CCCC2(COCC(=O)N2)C1CO[C@H]1CC[C@@H](c2cccc(F)c2O)CC1. The van der Waals surface area contributed by atoms with Crippen LogP contribution in [0.15, 0.2) is 18.2 Å². The van der Waals surface area contributed by atoms with Crippen molar-refractivity contribution in [2.75, 3.05) is 26.4 Å². The number of phenols is 1. The number of likely N-dealkylation sites (tertiary alicyclic amines) is 1. The molecule has 194 valence electrons. The standard InChI is InChI=1S/C26H37FN2O6/c1-25(2,3)35-24(32)29-13-5-12-26(16-33-15-22(30)28-26)21(29)14-34-18-10-8-17(9-11-18)19-6-4-7-20(27)23(19)31/h4,6-7,17-18,21,31H,5,8-16H2,1-3H3,(H,28,30)/t17-,18+,21?,26?. The number of nitrogens with one attached hydrogen (secondary N) is 1. The monoisotopic (exact) mass is 492 g/mol. The Morgan fingerprint density at radius 3 is 2.71 bits per heavy atom. The van der Waals surface area contributed by atoms with Gasteiger partial charge in [-0.3, -0.25) is 4.79 Å². The Morgan fingerprint density at radius 2 is 2.03 bits per heavy atom. The number of nitrogens with zero attached hydrogens (tertiary/aromatic N) is 1. The van der Waals surface area contributed by atoms with E-state index in [1.54, 1.807) is 17.0 Å². The first-order chi connectivity index (χ1) is 16.6. The molecule has 0 bridgehead atoms. The number of benzene rings is 1. The van der Waals surface area contributed by atoms with E-state index >= 15 is 0 Å². The Morgan fingerprint density at radius 1 is 1.29 bits per heavy atom. The number of halogens is 1. The van der Waals surface area contributed by atoms with Gasteiger partial charge in [0.2, 0.25) is 5.91 Å². The minimum Gasteiger partial charge on any atom is -0.505 e. The van der Waals surface area contributed by atoms with Crippen molar-refractivity contribution in [2.45, 2.75) is 88.5 Å². The quantitative estimate of drug-likeness (QED) is 0.663. The molecule has 1 aromatic rings. The number of carbonyl (C=O) groups is 2. The summed E-state index contributed by atoms with van der Waals surface area (Å²) in [6.07, 6.45) is 4.03. The van der Waals surface area contributed by atoms with Crippen LogP contribution in [0, 0.1) is 5.82 Å².